The van der Waals surface area contributed by atoms with Crippen LogP contribution in [0.3, 0.4) is 0 Å². The molecule has 2 N–H and O–H groups in total. The molecule has 1 aromatic carbocycles. The number of para-hydroxylation sites is 1. The fraction of sp³-hybridized carbons (Fsp3) is 0.300. The second-order valence-corrected chi connectivity index (χ2v) is 3.39. The van der Waals surface area contributed by atoms with Gasteiger partial charge < -0.3 is 10.6 Å². The monoisotopic (exact) mass is 176 g/mol. The number of benzene rings is 1. The maximum absolute atomic E-state index is 11.5. The smallest absolute Gasteiger partial charge is 0.248 e. The molecule has 1 amide bonds. The summed E-state index contributed by atoms with van der Waals surface area (Å²) in [6, 6.07) is 5.36. The molecule has 0 saturated heterocycles. The van der Waals surface area contributed by atoms with Crippen LogP contribution in [0.5, 0.6) is 0 Å². The van der Waals surface area contributed by atoms with Gasteiger partial charge in [0.1, 0.15) is 6.04 Å². The van der Waals surface area contributed by atoms with Crippen molar-refractivity contribution in [2.45, 2.75) is 13.0 Å². The molecule has 0 radical (unpaired) electrons. The number of amides is 1. The maximum Gasteiger partial charge on any atom is 0.248 e. The number of anilines is 1. The van der Waals surface area contributed by atoms with Crippen LogP contribution in [0.1, 0.15) is 17.2 Å². The van der Waals surface area contributed by atoms with Gasteiger partial charge in [0.25, 0.3) is 0 Å². The third kappa shape index (κ3) is 0.971. The van der Waals surface area contributed by atoms with Gasteiger partial charge >= 0.3 is 0 Å². The quantitative estimate of drug-likeness (QED) is 0.640. The zero-order valence-corrected chi connectivity index (χ0v) is 7.74. The Bertz CT molecular complexity index is 373. The van der Waals surface area contributed by atoms with Crippen molar-refractivity contribution in [1.82, 2.24) is 0 Å². The average Bonchev–Trinajstić information content (AvgIpc) is 2.33. The molecule has 68 valence electrons. The Balaban J connectivity index is 2.66. The Morgan fingerprint density at radius 1 is 1.46 bits per heavy atom. The van der Waals surface area contributed by atoms with Gasteiger partial charge in [-0.15, -0.1) is 0 Å². The van der Waals surface area contributed by atoms with Crippen LogP contribution in [-0.2, 0) is 4.79 Å². The summed E-state index contributed by atoms with van der Waals surface area (Å²) < 4.78 is 0. The summed E-state index contributed by atoms with van der Waals surface area (Å²) in [5, 5.41) is 0. The van der Waals surface area contributed by atoms with Gasteiger partial charge in [0.05, 0.1) is 5.69 Å². The zero-order chi connectivity index (χ0) is 9.59. The van der Waals surface area contributed by atoms with Crippen molar-refractivity contribution in [2.75, 3.05) is 11.9 Å². The van der Waals surface area contributed by atoms with E-state index in [1.807, 2.05) is 25.1 Å². The van der Waals surface area contributed by atoms with E-state index in [4.69, 9.17) is 5.73 Å². The minimum atomic E-state index is -0.472. The van der Waals surface area contributed by atoms with Gasteiger partial charge in [-0.2, -0.15) is 0 Å². The highest BCUT2D eigenvalue weighted by molar-refractivity contribution is 6.04. The van der Waals surface area contributed by atoms with Crippen LogP contribution >= 0.6 is 0 Å². The molecule has 1 aliphatic heterocycles. The van der Waals surface area contributed by atoms with E-state index in [0.29, 0.717) is 0 Å². The lowest BCUT2D eigenvalue weighted by Crippen LogP contribution is -2.28. The molecule has 13 heavy (non-hydrogen) atoms. The highest BCUT2D eigenvalue weighted by Crippen LogP contribution is 2.35. The van der Waals surface area contributed by atoms with Gasteiger partial charge in [-0.1, -0.05) is 18.2 Å². The lowest BCUT2D eigenvalue weighted by atomic mass is 10.1. The van der Waals surface area contributed by atoms with Crippen molar-refractivity contribution < 1.29 is 4.79 Å². The molecular weight excluding hydrogens is 164 g/mol. The van der Waals surface area contributed by atoms with Gasteiger partial charge in [0.15, 0.2) is 0 Å². The third-order valence-electron chi connectivity index (χ3n) is 2.54. The summed E-state index contributed by atoms with van der Waals surface area (Å²) in [7, 11) is 1.76. The number of hydrogen-bond donors (Lipinski definition) is 1. The number of nitrogens with two attached hydrogens (primary N) is 1. The van der Waals surface area contributed by atoms with E-state index < -0.39 is 6.04 Å². The first-order chi connectivity index (χ1) is 6.13. The Hall–Kier alpha value is -1.35. The number of hydrogen-bond acceptors (Lipinski definition) is 2. The summed E-state index contributed by atoms with van der Waals surface area (Å²) in [4.78, 5) is 13.1. The summed E-state index contributed by atoms with van der Waals surface area (Å²) in [5.74, 6) is -0.0238. The van der Waals surface area contributed by atoms with E-state index in [0.717, 1.165) is 16.8 Å². The third-order valence-corrected chi connectivity index (χ3v) is 2.54. The second-order valence-electron chi connectivity index (χ2n) is 3.39. The standard InChI is InChI=1S/C10H12N2O/c1-6-4-3-5-7-8(11)10(13)12(2)9(6)7/h3-5,8H,11H2,1-2H3/t8-/m0/s1. The Kier molecular flexibility index (Phi) is 1.63. The Morgan fingerprint density at radius 2 is 2.15 bits per heavy atom. The molecule has 0 fully saturated rings. The predicted octanol–water partition coefficient (Wildman–Crippen LogP) is 0.971. The van der Waals surface area contributed by atoms with Crippen molar-refractivity contribution in [3.63, 3.8) is 0 Å². The van der Waals surface area contributed by atoms with Crippen LogP contribution in [0.2, 0.25) is 0 Å². The van der Waals surface area contributed by atoms with E-state index in [2.05, 4.69) is 0 Å². The van der Waals surface area contributed by atoms with Crippen molar-refractivity contribution >= 4 is 11.6 Å². The fourth-order valence-corrected chi connectivity index (χ4v) is 1.84. The van der Waals surface area contributed by atoms with Gasteiger partial charge in [-0.3, -0.25) is 4.79 Å². The zero-order valence-electron chi connectivity index (χ0n) is 7.74. The first kappa shape index (κ1) is 8.26. The molecule has 0 spiro atoms. The number of fused-ring (bicyclic) bond motifs is 1. The van der Waals surface area contributed by atoms with Crippen LogP contribution < -0.4 is 10.6 Å². The topological polar surface area (TPSA) is 46.3 Å². The molecule has 0 unspecified atom stereocenters. The van der Waals surface area contributed by atoms with Crippen LogP contribution in [-0.4, -0.2) is 13.0 Å². The summed E-state index contributed by atoms with van der Waals surface area (Å²) in [6.45, 7) is 1.99. The van der Waals surface area contributed by atoms with Crippen LogP contribution in [0.15, 0.2) is 18.2 Å². The average molecular weight is 176 g/mol. The largest absolute Gasteiger partial charge is 0.316 e. The van der Waals surface area contributed by atoms with E-state index in [-0.39, 0.29) is 5.91 Å². The van der Waals surface area contributed by atoms with Crippen molar-refractivity contribution in [2.24, 2.45) is 5.73 Å². The van der Waals surface area contributed by atoms with Crippen molar-refractivity contribution in [3.8, 4) is 0 Å². The lowest BCUT2D eigenvalue weighted by Gasteiger charge is -2.11. The number of carbonyl (C=O) groups is 1. The molecule has 1 aromatic rings. The van der Waals surface area contributed by atoms with Gasteiger partial charge in [0.2, 0.25) is 5.91 Å². The van der Waals surface area contributed by atoms with Crippen LogP contribution in [0.4, 0.5) is 5.69 Å². The highest BCUT2D eigenvalue weighted by atomic mass is 16.2. The first-order valence-corrected chi connectivity index (χ1v) is 4.25. The Morgan fingerprint density at radius 3 is 2.77 bits per heavy atom. The number of nitrogens with zero attached hydrogens (tertiary/aromatic N) is 1. The van der Waals surface area contributed by atoms with Gasteiger partial charge in [-0.05, 0) is 12.5 Å². The van der Waals surface area contributed by atoms with Crippen molar-refractivity contribution in [3.05, 3.63) is 29.3 Å². The molecule has 1 aliphatic rings. The first-order valence-electron chi connectivity index (χ1n) is 4.25. The summed E-state index contributed by atoms with van der Waals surface area (Å²) in [6.07, 6.45) is 0. The maximum atomic E-state index is 11.5. The SMILES string of the molecule is Cc1cccc2c1N(C)C(=O)[C@H]2N. The normalized spacial score (nSPS) is 20.7. The van der Waals surface area contributed by atoms with E-state index in [1.54, 1.807) is 11.9 Å². The van der Waals surface area contributed by atoms with E-state index >= 15 is 0 Å². The molecule has 3 heteroatoms. The Labute approximate surface area is 77.1 Å². The summed E-state index contributed by atoms with van der Waals surface area (Å²) >= 11 is 0. The molecule has 0 aromatic heterocycles. The number of rotatable bonds is 0. The van der Waals surface area contributed by atoms with Gasteiger partial charge in [-0.25, -0.2) is 0 Å². The summed E-state index contributed by atoms with van der Waals surface area (Å²) in [5.41, 5.74) is 8.77. The van der Waals surface area contributed by atoms with E-state index in [1.165, 1.54) is 0 Å². The minimum absolute atomic E-state index is 0.0238. The van der Waals surface area contributed by atoms with E-state index in [9.17, 15) is 4.79 Å². The number of carbonyl (C=O) groups excluding carboxylic acids is 1. The van der Waals surface area contributed by atoms with Crippen LogP contribution in [0, 0.1) is 6.92 Å². The predicted molar refractivity (Wildman–Crippen MR) is 51.5 cm³/mol. The molecule has 0 saturated carbocycles. The lowest BCUT2D eigenvalue weighted by molar-refractivity contribution is -0.118. The molecule has 1 heterocycles. The highest BCUT2D eigenvalue weighted by Gasteiger charge is 2.32. The molecule has 0 bridgehead atoms. The fourth-order valence-electron chi connectivity index (χ4n) is 1.84. The molecular formula is C10H12N2O. The van der Waals surface area contributed by atoms with Crippen LogP contribution in [0.25, 0.3) is 0 Å². The minimum Gasteiger partial charge on any atom is -0.316 e. The number of likely N-dealkylation sites (N-methyl/N-ethyl adjacent to an activating group) is 1. The number of aryl methyl sites for hydroxylation is 1. The molecule has 0 aliphatic carbocycles. The van der Waals surface area contributed by atoms with Gasteiger partial charge in [0, 0.05) is 12.6 Å². The molecule has 2 rings (SSSR count). The second kappa shape index (κ2) is 2.57. The van der Waals surface area contributed by atoms with Crippen molar-refractivity contribution in [1.29, 1.82) is 0 Å². The molecule has 1 atom stereocenters. The molecule has 3 nitrogen and oxygen atoms in total.